The van der Waals surface area contributed by atoms with Crippen molar-refractivity contribution >= 4 is 27.3 Å². The minimum Gasteiger partial charge on any atom is -0.351 e. The lowest BCUT2D eigenvalue weighted by Gasteiger charge is -2.13. The topological polar surface area (TPSA) is 75.3 Å². The quantitative estimate of drug-likeness (QED) is 0.711. The third-order valence-electron chi connectivity index (χ3n) is 4.57. The summed E-state index contributed by atoms with van der Waals surface area (Å²) in [5.74, 6) is -0.0421. The first-order valence-electron chi connectivity index (χ1n) is 8.91. The Morgan fingerprint density at radius 1 is 1.12 bits per heavy atom. The zero-order valence-corrected chi connectivity index (χ0v) is 16.5. The van der Waals surface area contributed by atoms with E-state index in [1.807, 2.05) is 6.92 Å². The predicted octanol–water partition coefficient (Wildman–Crippen LogP) is 3.03. The second-order valence-corrected chi connectivity index (χ2v) is 9.24. The van der Waals surface area contributed by atoms with Crippen LogP contribution in [0.15, 0.2) is 34.5 Å². The van der Waals surface area contributed by atoms with Crippen molar-refractivity contribution in [2.75, 3.05) is 13.1 Å². The number of thiophene rings is 1. The summed E-state index contributed by atoms with van der Waals surface area (Å²) in [6.45, 7) is 2.65. The molecule has 7 heteroatoms. The highest BCUT2D eigenvalue weighted by atomic mass is 32.2. The molecular weight excluding hydrogens is 368 g/mol. The van der Waals surface area contributed by atoms with Gasteiger partial charge in [0.25, 0.3) is 5.91 Å². The van der Waals surface area contributed by atoms with Gasteiger partial charge in [0, 0.05) is 13.1 Å². The average molecular weight is 393 g/mol. The first-order valence-corrected chi connectivity index (χ1v) is 11.3. The summed E-state index contributed by atoms with van der Waals surface area (Å²) in [5, 5.41) is 5.00. The summed E-state index contributed by atoms with van der Waals surface area (Å²) >= 11 is 1.52. The van der Waals surface area contributed by atoms with Crippen LogP contribution in [0.3, 0.4) is 0 Å². The van der Waals surface area contributed by atoms with Crippen molar-refractivity contribution < 1.29 is 13.2 Å². The molecule has 140 valence electrons. The molecular formula is C19H24N2O3S2. The molecule has 2 N–H and O–H groups in total. The zero-order valence-electron chi connectivity index (χ0n) is 14.9. The van der Waals surface area contributed by atoms with E-state index in [-0.39, 0.29) is 10.8 Å². The summed E-state index contributed by atoms with van der Waals surface area (Å²) in [6, 6.07) is 6.74. The van der Waals surface area contributed by atoms with Crippen molar-refractivity contribution in [3.05, 3.63) is 51.2 Å². The Morgan fingerprint density at radius 3 is 2.62 bits per heavy atom. The van der Waals surface area contributed by atoms with Gasteiger partial charge in [-0.05, 0) is 67.7 Å². The van der Waals surface area contributed by atoms with Gasteiger partial charge in [0.2, 0.25) is 10.0 Å². The van der Waals surface area contributed by atoms with Gasteiger partial charge in [-0.15, -0.1) is 11.3 Å². The van der Waals surface area contributed by atoms with Gasteiger partial charge in [-0.1, -0.05) is 17.7 Å². The molecule has 1 aliphatic rings. The largest absolute Gasteiger partial charge is 0.351 e. The Bertz CT molecular complexity index is 871. The molecule has 1 aromatic heterocycles. The van der Waals surface area contributed by atoms with Crippen LogP contribution in [-0.2, 0) is 22.9 Å². The van der Waals surface area contributed by atoms with Gasteiger partial charge in [-0.25, -0.2) is 13.1 Å². The van der Waals surface area contributed by atoms with Crippen LogP contribution >= 0.6 is 11.3 Å². The molecule has 1 aromatic carbocycles. The molecule has 26 heavy (non-hydrogen) atoms. The Morgan fingerprint density at radius 2 is 1.85 bits per heavy atom. The summed E-state index contributed by atoms with van der Waals surface area (Å²) in [7, 11) is -3.49. The third kappa shape index (κ3) is 4.52. The number of carbonyl (C=O) groups is 1. The van der Waals surface area contributed by atoms with E-state index in [1.165, 1.54) is 28.9 Å². The van der Waals surface area contributed by atoms with Crippen LogP contribution in [0.2, 0.25) is 0 Å². The van der Waals surface area contributed by atoms with Crippen LogP contribution in [0.4, 0.5) is 0 Å². The van der Waals surface area contributed by atoms with E-state index < -0.39 is 10.0 Å². The Balaban J connectivity index is 1.45. The van der Waals surface area contributed by atoms with Crippen molar-refractivity contribution in [1.82, 2.24) is 10.0 Å². The molecule has 0 saturated heterocycles. The first-order chi connectivity index (χ1) is 12.5. The lowest BCUT2D eigenvalue weighted by molar-refractivity contribution is 0.0956. The number of amides is 1. The smallest absolute Gasteiger partial charge is 0.261 e. The number of aryl methyl sites for hydroxylation is 2. The second kappa shape index (κ2) is 8.33. The third-order valence-corrected chi connectivity index (χ3v) is 7.12. The fourth-order valence-electron chi connectivity index (χ4n) is 3.09. The van der Waals surface area contributed by atoms with Crippen LogP contribution in [-0.4, -0.2) is 27.4 Å². The maximum atomic E-state index is 12.4. The van der Waals surface area contributed by atoms with Gasteiger partial charge < -0.3 is 5.32 Å². The molecule has 5 nitrogen and oxygen atoms in total. The molecule has 0 fully saturated rings. The lowest BCUT2D eigenvalue weighted by Crippen LogP contribution is -2.30. The first kappa shape index (κ1) is 19.1. The standard InChI is InChI=1S/C19H24N2O3S2/c1-14-7-9-16(10-8-14)26(23,24)21-12-4-11-20-19(22)18-17-6-3-2-5-15(17)13-25-18/h7-10,13,21H,2-6,11-12H2,1H3,(H,20,22). The van der Waals surface area contributed by atoms with E-state index in [0.717, 1.165) is 29.7 Å². The fourth-order valence-corrected chi connectivity index (χ4v) is 5.24. The number of rotatable bonds is 7. The van der Waals surface area contributed by atoms with E-state index in [9.17, 15) is 13.2 Å². The molecule has 3 rings (SSSR count). The van der Waals surface area contributed by atoms with Gasteiger partial charge in [0.1, 0.15) is 0 Å². The zero-order chi connectivity index (χ0) is 18.6. The summed E-state index contributed by atoms with van der Waals surface area (Å²) in [6.07, 6.45) is 4.94. The Labute approximate surface area is 158 Å². The molecule has 0 bridgehead atoms. The van der Waals surface area contributed by atoms with Gasteiger partial charge in [0.05, 0.1) is 9.77 Å². The molecule has 0 radical (unpaired) electrons. The lowest BCUT2D eigenvalue weighted by atomic mass is 9.94. The van der Waals surface area contributed by atoms with E-state index in [1.54, 1.807) is 24.3 Å². The van der Waals surface area contributed by atoms with Crippen molar-refractivity contribution in [2.24, 2.45) is 0 Å². The van der Waals surface area contributed by atoms with Crippen molar-refractivity contribution in [3.8, 4) is 0 Å². The van der Waals surface area contributed by atoms with E-state index in [0.29, 0.717) is 19.5 Å². The molecule has 0 saturated carbocycles. The number of sulfonamides is 1. The molecule has 1 aliphatic carbocycles. The van der Waals surface area contributed by atoms with Gasteiger partial charge in [0.15, 0.2) is 0 Å². The van der Waals surface area contributed by atoms with Crippen LogP contribution < -0.4 is 10.0 Å². The number of hydrogen-bond acceptors (Lipinski definition) is 4. The van der Waals surface area contributed by atoms with E-state index >= 15 is 0 Å². The minimum absolute atomic E-state index is 0.0421. The van der Waals surface area contributed by atoms with E-state index in [2.05, 4.69) is 15.4 Å². The van der Waals surface area contributed by atoms with Crippen LogP contribution in [0.25, 0.3) is 0 Å². The molecule has 0 spiro atoms. The molecule has 0 atom stereocenters. The van der Waals surface area contributed by atoms with Crippen molar-refractivity contribution in [1.29, 1.82) is 0 Å². The maximum absolute atomic E-state index is 12.4. The summed E-state index contributed by atoms with van der Waals surface area (Å²) in [5.41, 5.74) is 3.54. The number of carbonyl (C=O) groups excluding carboxylic acids is 1. The van der Waals surface area contributed by atoms with Crippen LogP contribution in [0, 0.1) is 6.92 Å². The van der Waals surface area contributed by atoms with E-state index in [4.69, 9.17) is 0 Å². The molecule has 0 unspecified atom stereocenters. The number of hydrogen-bond donors (Lipinski definition) is 2. The second-order valence-electron chi connectivity index (χ2n) is 6.60. The Hall–Kier alpha value is -1.70. The summed E-state index contributed by atoms with van der Waals surface area (Å²) < 4.78 is 27.0. The SMILES string of the molecule is Cc1ccc(S(=O)(=O)NCCCNC(=O)c2scc3c2CCCC3)cc1. The number of benzene rings is 1. The van der Waals surface area contributed by atoms with Crippen LogP contribution in [0.1, 0.15) is 45.6 Å². The van der Waals surface area contributed by atoms with Crippen molar-refractivity contribution in [3.63, 3.8) is 0 Å². The Kier molecular flexibility index (Phi) is 6.11. The monoisotopic (exact) mass is 392 g/mol. The normalized spacial score (nSPS) is 14.0. The molecule has 0 aliphatic heterocycles. The number of fused-ring (bicyclic) bond motifs is 1. The predicted molar refractivity (Wildman–Crippen MR) is 104 cm³/mol. The van der Waals surface area contributed by atoms with Gasteiger partial charge >= 0.3 is 0 Å². The number of nitrogens with one attached hydrogen (secondary N) is 2. The highest BCUT2D eigenvalue weighted by Gasteiger charge is 2.20. The molecule has 1 heterocycles. The maximum Gasteiger partial charge on any atom is 0.261 e. The fraction of sp³-hybridized carbons (Fsp3) is 0.421. The molecule has 2 aromatic rings. The van der Waals surface area contributed by atoms with Gasteiger partial charge in [-0.2, -0.15) is 0 Å². The summed E-state index contributed by atoms with van der Waals surface area (Å²) in [4.78, 5) is 13.4. The average Bonchev–Trinajstić information content (AvgIpc) is 3.06. The van der Waals surface area contributed by atoms with Crippen LogP contribution in [0.5, 0.6) is 0 Å². The molecule has 1 amide bonds. The van der Waals surface area contributed by atoms with Gasteiger partial charge in [-0.3, -0.25) is 4.79 Å². The highest BCUT2D eigenvalue weighted by Crippen LogP contribution is 2.29. The minimum atomic E-state index is -3.49. The van der Waals surface area contributed by atoms with Crippen molar-refractivity contribution in [2.45, 2.75) is 43.9 Å². The highest BCUT2D eigenvalue weighted by molar-refractivity contribution is 7.89.